The molecule has 0 aromatic heterocycles. The molecule has 0 spiro atoms. The lowest BCUT2D eigenvalue weighted by Gasteiger charge is -2.26. The maximum Gasteiger partial charge on any atom is 0.243 e. The molecule has 1 aromatic rings. The standard InChI is InChI=1S/C15H22N2O5S/c1-11(2)9-15(19)16-13-10-12(3-4-14(13)18)23(20,21)17-5-7-22-8-6-17/h3-4,10-11,18H,5-9H2,1-2H3,(H,16,19). The quantitative estimate of drug-likeness (QED) is 0.789. The number of aromatic hydroxyl groups is 1. The normalized spacial score (nSPS) is 16.5. The molecule has 0 bridgehead atoms. The number of carbonyl (C=O) groups excluding carboxylic acids is 1. The Morgan fingerprint density at radius 1 is 1.35 bits per heavy atom. The van der Waals surface area contributed by atoms with Crippen molar-refractivity contribution in [3.05, 3.63) is 18.2 Å². The van der Waals surface area contributed by atoms with Gasteiger partial charge in [0.2, 0.25) is 15.9 Å². The van der Waals surface area contributed by atoms with Gasteiger partial charge in [-0.2, -0.15) is 4.31 Å². The third-order valence-corrected chi connectivity index (χ3v) is 5.34. The van der Waals surface area contributed by atoms with Crippen LogP contribution in [0.1, 0.15) is 20.3 Å². The summed E-state index contributed by atoms with van der Waals surface area (Å²) >= 11 is 0. The average Bonchev–Trinajstić information content (AvgIpc) is 2.49. The minimum absolute atomic E-state index is 0.0389. The lowest BCUT2D eigenvalue weighted by molar-refractivity contribution is -0.116. The summed E-state index contributed by atoms with van der Waals surface area (Å²) in [5.74, 6) is -0.267. The number of benzene rings is 1. The number of hydrogen-bond acceptors (Lipinski definition) is 5. The molecular formula is C15H22N2O5S. The second-order valence-electron chi connectivity index (χ2n) is 5.84. The van der Waals surface area contributed by atoms with Crippen LogP contribution in [0.3, 0.4) is 0 Å². The van der Waals surface area contributed by atoms with Crippen molar-refractivity contribution < 1.29 is 23.1 Å². The maximum absolute atomic E-state index is 12.6. The number of sulfonamides is 1. The fourth-order valence-electron chi connectivity index (χ4n) is 2.28. The monoisotopic (exact) mass is 342 g/mol. The summed E-state index contributed by atoms with van der Waals surface area (Å²) < 4.78 is 31.7. The van der Waals surface area contributed by atoms with Crippen molar-refractivity contribution in [1.29, 1.82) is 0 Å². The smallest absolute Gasteiger partial charge is 0.243 e. The Morgan fingerprint density at radius 2 is 2.00 bits per heavy atom. The lowest BCUT2D eigenvalue weighted by atomic mass is 10.1. The van der Waals surface area contributed by atoms with Crippen molar-refractivity contribution in [2.45, 2.75) is 25.2 Å². The zero-order chi connectivity index (χ0) is 17.0. The fourth-order valence-corrected chi connectivity index (χ4v) is 3.72. The lowest BCUT2D eigenvalue weighted by Crippen LogP contribution is -2.40. The number of rotatable bonds is 5. The van der Waals surface area contributed by atoms with Crippen molar-refractivity contribution in [3.8, 4) is 5.75 Å². The number of amides is 1. The molecule has 1 aliphatic rings. The molecule has 0 radical (unpaired) electrons. The van der Waals surface area contributed by atoms with Gasteiger partial charge in [0.1, 0.15) is 5.75 Å². The minimum atomic E-state index is -3.67. The third-order valence-electron chi connectivity index (χ3n) is 3.44. The van der Waals surface area contributed by atoms with E-state index < -0.39 is 10.0 Å². The molecule has 1 aliphatic heterocycles. The minimum Gasteiger partial charge on any atom is -0.506 e. The fraction of sp³-hybridized carbons (Fsp3) is 0.533. The first-order chi connectivity index (χ1) is 10.8. The Kier molecular flexibility index (Phi) is 5.61. The van der Waals surface area contributed by atoms with E-state index in [1.165, 1.54) is 22.5 Å². The van der Waals surface area contributed by atoms with Crippen molar-refractivity contribution in [3.63, 3.8) is 0 Å². The first-order valence-electron chi connectivity index (χ1n) is 7.51. The van der Waals surface area contributed by atoms with Gasteiger partial charge in [0.25, 0.3) is 0 Å². The molecular weight excluding hydrogens is 320 g/mol. The second-order valence-corrected chi connectivity index (χ2v) is 7.78. The molecule has 0 atom stereocenters. The summed E-state index contributed by atoms with van der Waals surface area (Å²) in [6.45, 7) is 5.10. The largest absolute Gasteiger partial charge is 0.506 e. The molecule has 23 heavy (non-hydrogen) atoms. The van der Waals surface area contributed by atoms with E-state index in [4.69, 9.17) is 4.74 Å². The van der Waals surface area contributed by atoms with Gasteiger partial charge in [-0.15, -0.1) is 0 Å². The molecule has 8 heteroatoms. The van der Waals surface area contributed by atoms with E-state index in [1.54, 1.807) is 0 Å². The highest BCUT2D eigenvalue weighted by atomic mass is 32.2. The third kappa shape index (κ3) is 4.43. The summed E-state index contributed by atoms with van der Waals surface area (Å²) in [5.41, 5.74) is 0.102. The number of morpholine rings is 1. The molecule has 7 nitrogen and oxygen atoms in total. The number of anilines is 1. The van der Waals surface area contributed by atoms with Gasteiger partial charge in [-0.1, -0.05) is 13.8 Å². The number of phenolic OH excluding ortho intramolecular Hbond substituents is 1. The van der Waals surface area contributed by atoms with Gasteiger partial charge in [-0.25, -0.2) is 8.42 Å². The molecule has 1 saturated heterocycles. The van der Waals surface area contributed by atoms with Crippen LogP contribution in [0.15, 0.2) is 23.1 Å². The van der Waals surface area contributed by atoms with Crippen LogP contribution in [-0.2, 0) is 19.6 Å². The van der Waals surface area contributed by atoms with Gasteiger partial charge in [0.15, 0.2) is 0 Å². The van der Waals surface area contributed by atoms with Crippen LogP contribution in [-0.4, -0.2) is 50.0 Å². The van der Waals surface area contributed by atoms with Crippen molar-refractivity contribution in [2.24, 2.45) is 5.92 Å². The van der Waals surface area contributed by atoms with Gasteiger partial charge < -0.3 is 15.2 Å². The Hall–Kier alpha value is -1.64. The molecule has 0 saturated carbocycles. The number of hydrogen-bond donors (Lipinski definition) is 2. The highest BCUT2D eigenvalue weighted by molar-refractivity contribution is 7.89. The van der Waals surface area contributed by atoms with Crippen molar-refractivity contribution in [2.75, 3.05) is 31.6 Å². The summed E-state index contributed by atoms with van der Waals surface area (Å²) in [6, 6.07) is 3.90. The average molecular weight is 342 g/mol. The Bertz CT molecular complexity index is 666. The molecule has 1 heterocycles. The van der Waals surface area contributed by atoms with Crippen molar-refractivity contribution in [1.82, 2.24) is 4.31 Å². The Morgan fingerprint density at radius 3 is 2.61 bits per heavy atom. The van der Waals surface area contributed by atoms with E-state index in [2.05, 4.69) is 5.32 Å². The number of carbonyl (C=O) groups is 1. The first kappa shape index (κ1) is 17.7. The van der Waals surface area contributed by atoms with Gasteiger partial charge in [-0.3, -0.25) is 4.79 Å². The maximum atomic E-state index is 12.6. The van der Waals surface area contributed by atoms with Crippen LogP contribution in [0, 0.1) is 5.92 Å². The summed E-state index contributed by atoms with van der Waals surface area (Å²) in [6.07, 6.45) is 0.292. The topological polar surface area (TPSA) is 95.9 Å². The van der Waals surface area contributed by atoms with Gasteiger partial charge in [-0.05, 0) is 24.1 Å². The number of nitrogens with one attached hydrogen (secondary N) is 1. The van der Waals surface area contributed by atoms with Crippen LogP contribution < -0.4 is 5.32 Å². The summed E-state index contributed by atoms with van der Waals surface area (Å²) in [4.78, 5) is 11.9. The highest BCUT2D eigenvalue weighted by Crippen LogP contribution is 2.28. The van der Waals surface area contributed by atoms with Crippen LogP contribution in [0.4, 0.5) is 5.69 Å². The molecule has 0 unspecified atom stereocenters. The number of nitrogens with zero attached hydrogens (tertiary/aromatic N) is 1. The predicted molar refractivity (Wildman–Crippen MR) is 85.8 cm³/mol. The van der Waals surface area contributed by atoms with Crippen LogP contribution >= 0.6 is 0 Å². The SMILES string of the molecule is CC(C)CC(=O)Nc1cc(S(=O)(=O)N2CCOCC2)ccc1O. The van der Waals surface area contributed by atoms with Gasteiger partial charge in [0.05, 0.1) is 23.8 Å². The van der Waals surface area contributed by atoms with E-state index in [0.29, 0.717) is 19.6 Å². The van der Waals surface area contributed by atoms with E-state index in [1.807, 2.05) is 13.8 Å². The molecule has 1 aromatic carbocycles. The first-order valence-corrected chi connectivity index (χ1v) is 8.95. The van der Waals surface area contributed by atoms with Crippen molar-refractivity contribution >= 4 is 21.6 Å². The Labute approximate surface area is 136 Å². The van der Waals surface area contributed by atoms with Gasteiger partial charge >= 0.3 is 0 Å². The second kappa shape index (κ2) is 7.29. The predicted octanol–water partition coefficient (Wildman–Crippen LogP) is 1.40. The number of ether oxygens (including phenoxy) is 1. The van der Waals surface area contributed by atoms with E-state index in [9.17, 15) is 18.3 Å². The summed E-state index contributed by atoms with van der Waals surface area (Å²) in [5, 5.41) is 12.4. The molecule has 2 N–H and O–H groups in total. The summed E-state index contributed by atoms with van der Waals surface area (Å²) in [7, 11) is -3.67. The molecule has 2 rings (SSSR count). The van der Waals surface area contributed by atoms with Crippen LogP contribution in [0.5, 0.6) is 5.75 Å². The molecule has 1 fully saturated rings. The molecule has 128 valence electrons. The molecule has 1 amide bonds. The van der Waals surface area contributed by atoms with Crippen LogP contribution in [0.2, 0.25) is 0 Å². The van der Waals surface area contributed by atoms with Crippen LogP contribution in [0.25, 0.3) is 0 Å². The van der Waals surface area contributed by atoms with E-state index >= 15 is 0 Å². The Balaban J connectivity index is 2.23. The highest BCUT2D eigenvalue weighted by Gasteiger charge is 2.27. The number of phenols is 1. The van der Waals surface area contributed by atoms with E-state index in [0.717, 1.165) is 0 Å². The zero-order valence-electron chi connectivity index (χ0n) is 13.3. The van der Waals surface area contributed by atoms with E-state index in [-0.39, 0.29) is 41.2 Å². The molecule has 0 aliphatic carbocycles. The van der Waals surface area contributed by atoms with Gasteiger partial charge in [0, 0.05) is 19.5 Å². The zero-order valence-corrected chi connectivity index (χ0v) is 14.1.